The van der Waals surface area contributed by atoms with Gasteiger partial charge in [0.15, 0.2) is 0 Å². The second-order valence-electron chi connectivity index (χ2n) is 12.6. The van der Waals surface area contributed by atoms with E-state index < -0.39 is 0 Å². The normalized spacial score (nSPS) is 14.0. The first kappa shape index (κ1) is 24.9. The molecule has 0 N–H and O–H groups in total. The van der Waals surface area contributed by atoms with Crippen molar-refractivity contribution in [3.63, 3.8) is 0 Å². The molecular formula is C41H31NS. The molecule has 1 aromatic heterocycles. The second-order valence-corrected chi connectivity index (χ2v) is 13.6. The van der Waals surface area contributed by atoms with Crippen LogP contribution in [0.5, 0.6) is 0 Å². The average Bonchev–Trinajstić information content (AvgIpc) is 3.66. The minimum Gasteiger partial charge on any atom is -0.309 e. The van der Waals surface area contributed by atoms with Gasteiger partial charge in [0.25, 0.3) is 0 Å². The van der Waals surface area contributed by atoms with Gasteiger partial charge < -0.3 is 4.90 Å². The molecule has 6 aromatic carbocycles. The molecular weight excluding hydrogens is 539 g/mol. The number of para-hydroxylation sites is 1. The van der Waals surface area contributed by atoms with Crippen LogP contribution in [0.25, 0.3) is 42.4 Å². The zero-order chi connectivity index (χ0) is 28.9. The molecule has 0 fully saturated rings. The predicted octanol–water partition coefficient (Wildman–Crippen LogP) is 11.7. The van der Waals surface area contributed by atoms with Crippen molar-refractivity contribution in [3.05, 3.63) is 149 Å². The Bertz CT molecular complexity index is 2270. The van der Waals surface area contributed by atoms with Crippen molar-refractivity contribution in [2.45, 2.75) is 32.6 Å². The van der Waals surface area contributed by atoms with E-state index in [1.807, 2.05) is 11.3 Å². The molecule has 2 aliphatic rings. The largest absolute Gasteiger partial charge is 0.309 e. The van der Waals surface area contributed by atoms with Gasteiger partial charge in [-0.05, 0) is 93.7 Å². The fourth-order valence-electron chi connectivity index (χ4n) is 7.73. The van der Waals surface area contributed by atoms with Crippen LogP contribution < -0.4 is 4.90 Å². The number of thiophene rings is 1. The molecule has 0 radical (unpaired) electrons. The van der Waals surface area contributed by atoms with Crippen LogP contribution in [0.2, 0.25) is 0 Å². The summed E-state index contributed by atoms with van der Waals surface area (Å²) >= 11 is 1.93. The third kappa shape index (κ3) is 3.45. The Morgan fingerprint density at radius 2 is 1.35 bits per heavy atom. The minimum atomic E-state index is -0.0636. The molecule has 206 valence electrons. The fraction of sp³-hybridized carbons (Fsp3) is 0.122. The first-order chi connectivity index (χ1) is 21.0. The van der Waals surface area contributed by atoms with E-state index in [4.69, 9.17) is 0 Å². The highest BCUT2D eigenvalue weighted by atomic mass is 32.1. The quantitative estimate of drug-likeness (QED) is 0.205. The summed E-state index contributed by atoms with van der Waals surface area (Å²) in [6, 6.07) is 45.3. The Morgan fingerprint density at radius 3 is 2.23 bits per heavy atom. The number of nitrogens with zero attached hydrogens (tertiary/aromatic N) is 1. The lowest BCUT2D eigenvalue weighted by Crippen LogP contribution is -2.17. The van der Waals surface area contributed by atoms with Crippen molar-refractivity contribution in [2.75, 3.05) is 4.90 Å². The van der Waals surface area contributed by atoms with Crippen LogP contribution >= 0.6 is 11.3 Å². The smallest absolute Gasteiger partial charge is 0.0643 e. The van der Waals surface area contributed by atoms with Crippen molar-refractivity contribution in [1.29, 1.82) is 0 Å². The Balaban J connectivity index is 1.36. The Kier molecular flexibility index (Phi) is 5.17. The van der Waals surface area contributed by atoms with Crippen molar-refractivity contribution < 1.29 is 0 Å². The highest BCUT2D eigenvalue weighted by Gasteiger charge is 2.36. The molecule has 0 aliphatic heterocycles. The standard InChI is InChI=1S/C41H31NS/c1-25-12-4-10-18-35(25)42(28-20-21-31-30-15-7-9-17-33(30)41(2,3)34(31)24-28)36-23-27-22-26-13-5-6-14-29(26)38(27)39-32-16-8-11-19-37(32)43-40(36)39/h4-21,23-24H,22H2,1-3H3. The summed E-state index contributed by atoms with van der Waals surface area (Å²) < 4.78 is 2.69. The van der Waals surface area contributed by atoms with Crippen LogP contribution in [0.4, 0.5) is 17.1 Å². The lowest BCUT2D eigenvalue weighted by Gasteiger charge is -2.30. The molecule has 0 saturated carbocycles. The molecule has 0 unspecified atom stereocenters. The van der Waals surface area contributed by atoms with E-state index in [1.54, 1.807) is 0 Å². The number of rotatable bonds is 3. The van der Waals surface area contributed by atoms with Gasteiger partial charge in [-0.2, -0.15) is 0 Å². The number of anilines is 3. The van der Waals surface area contributed by atoms with Gasteiger partial charge in [0.2, 0.25) is 0 Å². The number of hydrogen-bond acceptors (Lipinski definition) is 2. The van der Waals surface area contributed by atoms with Gasteiger partial charge in [0, 0.05) is 32.3 Å². The molecule has 0 spiro atoms. The van der Waals surface area contributed by atoms with E-state index in [0.717, 1.165) is 6.42 Å². The van der Waals surface area contributed by atoms with E-state index in [9.17, 15) is 0 Å². The Morgan fingerprint density at radius 1 is 0.628 bits per heavy atom. The van der Waals surface area contributed by atoms with Crippen LogP contribution in [0.1, 0.15) is 41.7 Å². The summed E-state index contributed by atoms with van der Waals surface area (Å²) in [5.41, 5.74) is 16.1. The van der Waals surface area contributed by atoms with Gasteiger partial charge in [-0.1, -0.05) is 105 Å². The van der Waals surface area contributed by atoms with Crippen molar-refractivity contribution in [1.82, 2.24) is 0 Å². The number of benzene rings is 6. The van der Waals surface area contributed by atoms with E-state index in [-0.39, 0.29) is 5.41 Å². The van der Waals surface area contributed by atoms with Gasteiger partial charge in [-0.3, -0.25) is 0 Å². The fourth-order valence-corrected chi connectivity index (χ4v) is 8.94. The molecule has 0 atom stereocenters. The summed E-state index contributed by atoms with van der Waals surface area (Å²) in [5.74, 6) is 0. The maximum Gasteiger partial charge on any atom is 0.0643 e. The monoisotopic (exact) mass is 569 g/mol. The molecule has 7 aromatic rings. The Labute approximate surface area is 256 Å². The summed E-state index contributed by atoms with van der Waals surface area (Å²) in [6.07, 6.45) is 0.965. The molecule has 2 heteroatoms. The molecule has 9 rings (SSSR count). The first-order valence-corrected chi connectivity index (χ1v) is 16.0. The van der Waals surface area contributed by atoms with Crippen molar-refractivity contribution >= 4 is 48.6 Å². The zero-order valence-corrected chi connectivity index (χ0v) is 25.4. The molecule has 1 heterocycles. The van der Waals surface area contributed by atoms with Gasteiger partial charge in [-0.15, -0.1) is 11.3 Å². The topological polar surface area (TPSA) is 3.24 Å². The second kappa shape index (κ2) is 8.92. The number of aryl methyl sites for hydroxylation is 1. The van der Waals surface area contributed by atoms with Gasteiger partial charge in [-0.25, -0.2) is 0 Å². The highest BCUT2D eigenvalue weighted by Crippen LogP contribution is 2.54. The molecule has 0 bridgehead atoms. The maximum absolute atomic E-state index is 2.54. The lowest BCUT2D eigenvalue weighted by molar-refractivity contribution is 0.660. The van der Waals surface area contributed by atoms with Crippen LogP contribution in [-0.4, -0.2) is 0 Å². The number of hydrogen-bond donors (Lipinski definition) is 0. The predicted molar refractivity (Wildman–Crippen MR) is 185 cm³/mol. The molecule has 2 aliphatic carbocycles. The summed E-state index contributed by atoms with van der Waals surface area (Å²) in [6.45, 7) is 6.98. The Hall–Kier alpha value is -4.66. The average molecular weight is 570 g/mol. The minimum absolute atomic E-state index is 0.0636. The molecule has 0 amide bonds. The van der Waals surface area contributed by atoms with E-state index in [2.05, 4.69) is 147 Å². The first-order valence-electron chi connectivity index (χ1n) is 15.2. The van der Waals surface area contributed by atoms with Crippen LogP contribution in [0.15, 0.2) is 121 Å². The maximum atomic E-state index is 2.54. The van der Waals surface area contributed by atoms with Crippen LogP contribution in [0, 0.1) is 6.92 Å². The molecule has 1 nitrogen and oxygen atoms in total. The van der Waals surface area contributed by atoms with E-state index >= 15 is 0 Å². The number of fused-ring (bicyclic) bond motifs is 10. The third-order valence-electron chi connectivity index (χ3n) is 9.80. The summed E-state index contributed by atoms with van der Waals surface area (Å²) in [4.78, 5) is 2.54. The van der Waals surface area contributed by atoms with Crippen molar-refractivity contribution in [2.24, 2.45) is 0 Å². The zero-order valence-electron chi connectivity index (χ0n) is 24.6. The third-order valence-corrected chi connectivity index (χ3v) is 11.0. The summed E-state index contributed by atoms with van der Waals surface area (Å²) in [7, 11) is 0. The summed E-state index contributed by atoms with van der Waals surface area (Å²) in [5, 5.41) is 2.75. The highest BCUT2D eigenvalue weighted by molar-refractivity contribution is 7.26. The van der Waals surface area contributed by atoms with E-state index in [0.29, 0.717) is 0 Å². The van der Waals surface area contributed by atoms with Crippen LogP contribution in [-0.2, 0) is 11.8 Å². The van der Waals surface area contributed by atoms with Gasteiger partial charge >= 0.3 is 0 Å². The molecule has 43 heavy (non-hydrogen) atoms. The van der Waals surface area contributed by atoms with Gasteiger partial charge in [0.1, 0.15) is 0 Å². The van der Waals surface area contributed by atoms with E-state index in [1.165, 1.54) is 87.3 Å². The van der Waals surface area contributed by atoms with Crippen LogP contribution in [0.3, 0.4) is 0 Å². The van der Waals surface area contributed by atoms with Gasteiger partial charge in [0.05, 0.1) is 10.4 Å². The molecule has 0 saturated heterocycles. The SMILES string of the molecule is Cc1ccccc1N(c1ccc2c(c1)C(C)(C)c1ccccc1-2)c1cc2c(c3c1sc1ccccc13)-c1ccccc1C2. The lowest BCUT2D eigenvalue weighted by atomic mass is 9.82. The van der Waals surface area contributed by atoms with Crippen molar-refractivity contribution in [3.8, 4) is 22.3 Å².